The number of aliphatic hydroxyl groups excluding tert-OH is 2. The standard InChI is InChI=1S/C18H24O3/c1-18-7-6-13-12-5-3-11(19)8-10(12)2-4-14(13)15(18)9-16(20)17(18)21/h3,5,8,13-17,19-21H,2,4,6-7,9H2,1H3/t13-,14?,15?,16?,17?,18+/m1/s1. The molecular weight excluding hydrogens is 264 g/mol. The molecule has 3 aliphatic rings. The fraction of sp³-hybridized carbons (Fsp3) is 0.667. The fourth-order valence-electron chi connectivity index (χ4n) is 5.56. The van der Waals surface area contributed by atoms with Gasteiger partial charge in [0.15, 0.2) is 0 Å². The van der Waals surface area contributed by atoms with Crippen molar-refractivity contribution in [3.63, 3.8) is 0 Å². The summed E-state index contributed by atoms with van der Waals surface area (Å²) in [5.41, 5.74) is 2.57. The number of phenolic OH excluding ortho intramolecular Hbond substituents is 1. The highest BCUT2D eigenvalue weighted by Gasteiger charge is 2.57. The van der Waals surface area contributed by atoms with Gasteiger partial charge in [-0.15, -0.1) is 0 Å². The normalized spacial score (nSPS) is 44.8. The highest BCUT2D eigenvalue weighted by molar-refractivity contribution is 5.40. The van der Waals surface area contributed by atoms with E-state index in [-0.39, 0.29) is 5.41 Å². The Hall–Kier alpha value is -1.06. The summed E-state index contributed by atoms with van der Waals surface area (Å²) < 4.78 is 0. The molecule has 0 aliphatic heterocycles. The Bertz CT molecular complexity index is 570. The van der Waals surface area contributed by atoms with Crippen molar-refractivity contribution < 1.29 is 15.3 Å². The third kappa shape index (κ3) is 1.80. The molecule has 6 atom stereocenters. The Morgan fingerprint density at radius 1 is 1.19 bits per heavy atom. The number of benzene rings is 1. The van der Waals surface area contributed by atoms with Crippen LogP contribution in [0.1, 0.15) is 49.7 Å². The molecule has 0 spiro atoms. The minimum absolute atomic E-state index is 0.116. The summed E-state index contributed by atoms with van der Waals surface area (Å²) in [6.07, 6.45) is 3.80. The summed E-state index contributed by atoms with van der Waals surface area (Å²) in [6.45, 7) is 2.17. The zero-order valence-electron chi connectivity index (χ0n) is 12.5. The average molecular weight is 288 g/mol. The minimum Gasteiger partial charge on any atom is -0.508 e. The second kappa shape index (κ2) is 4.47. The number of aliphatic hydroxyl groups is 2. The van der Waals surface area contributed by atoms with Gasteiger partial charge in [0, 0.05) is 0 Å². The summed E-state index contributed by atoms with van der Waals surface area (Å²) in [6, 6.07) is 5.80. The van der Waals surface area contributed by atoms with E-state index in [2.05, 4.69) is 13.0 Å². The van der Waals surface area contributed by atoms with Crippen molar-refractivity contribution in [1.29, 1.82) is 0 Å². The molecule has 4 rings (SSSR count). The zero-order valence-corrected chi connectivity index (χ0v) is 12.5. The van der Waals surface area contributed by atoms with E-state index in [1.165, 1.54) is 11.1 Å². The molecule has 1 aromatic carbocycles. The number of aromatic hydroxyl groups is 1. The monoisotopic (exact) mass is 288 g/mol. The van der Waals surface area contributed by atoms with Gasteiger partial charge >= 0.3 is 0 Å². The van der Waals surface area contributed by atoms with Crippen LogP contribution in [0.5, 0.6) is 5.75 Å². The van der Waals surface area contributed by atoms with Gasteiger partial charge < -0.3 is 15.3 Å². The first-order valence-corrected chi connectivity index (χ1v) is 8.18. The molecule has 2 saturated carbocycles. The van der Waals surface area contributed by atoms with Gasteiger partial charge in [0.2, 0.25) is 0 Å². The lowest BCUT2D eigenvalue weighted by Gasteiger charge is -2.49. The second-order valence-electron chi connectivity index (χ2n) is 7.59. The smallest absolute Gasteiger partial charge is 0.115 e. The average Bonchev–Trinajstić information content (AvgIpc) is 2.70. The van der Waals surface area contributed by atoms with E-state index in [4.69, 9.17) is 0 Å². The van der Waals surface area contributed by atoms with Crippen LogP contribution in [0.25, 0.3) is 0 Å². The SMILES string of the molecule is C[C@]12CC[C@@H]3c4ccc(O)cc4CCC3C1CC(O)C2O. The number of hydrogen-bond donors (Lipinski definition) is 3. The lowest BCUT2D eigenvalue weighted by atomic mass is 9.55. The number of aryl methyl sites for hydroxylation is 1. The van der Waals surface area contributed by atoms with Crippen LogP contribution < -0.4 is 0 Å². The van der Waals surface area contributed by atoms with E-state index < -0.39 is 12.2 Å². The fourth-order valence-corrected chi connectivity index (χ4v) is 5.56. The first kappa shape index (κ1) is 13.6. The van der Waals surface area contributed by atoms with Crippen LogP contribution in [0.4, 0.5) is 0 Å². The molecule has 0 radical (unpaired) electrons. The third-order valence-electron chi connectivity index (χ3n) is 6.68. The molecule has 0 saturated heterocycles. The summed E-state index contributed by atoms with van der Waals surface area (Å²) in [7, 11) is 0. The first-order valence-electron chi connectivity index (χ1n) is 8.18. The van der Waals surface area contributed by atoms with Crippen LogP contribution in [0.3, 0.4) is 0 Å². The number of phenols is 1. The summed E-state index contributed by atoms with van der Waals surface area (Å²) in [5.74, 6) is 1.88. The largest absolute Gasteiger partial charge is 0.508 e. The topological polar surface area (TPSA) is 60.7 Å². The number of fused-ring (bicyclic) bond motifs is 5. The van der Waals surface area contributed by atoms with Crippen LogP contribution >= 0.6 is 0 Å². The Kier molecular flexibility index (Phi) is 2.89. The molecule has 0 amide bonds. The molecule has 114 valence electrons. The molecule has 3 aliphatic carbocycles. The van der Waals surface area contributed by atoms with Crippen LogP contribution in [0.15, 0.2) is 18.2 Å². The van der Waals surface area contributed by atoms with Gasteiger partial charge in [-0.2, -0.15) is 0 Å². The van der Waals surface area contributed by atoms with Gasteiger partial charge in [-0.1, -0.05) is 13.0 Å². The Labute approximate surface area is 125 Å². The van der Waals surface area contributed by atoms with Crippen molar-refractivity contribution in [2.24, 2.45) is 17.3 Å². The van der Waals surface area contributed by atoms with E-state index in [1.807, 2.05) is 6.07 Å². The van der Waals surface area contributed by atoms with Crippen molar-refractivity contribution >= 4 is 0 Å². The number of rotatable bonds is 0. The molecule has 3 heteroatoms. The van der Waals surface area contributed by atoms with Crippen LogP contribution in [-0.4, -0.2) is 27.5 Å². The highest BCUT2D eigenvalue weighted by Crippen LogP contribution is 2.60. The lowest BCUT2D eigenvalue weighted by Crippen LogP contribution is -2.44. The van der Waals surface area contributed by atoms with Gasteiger partial charge in [0.25, 0.3) is 0 Å². The van der Waals surface area contributed by atoms with Crippen molar-refractivity contribution in [3.8, 4) is 5.75 Å². The van der Waals surface area contributed by atoms with Crippen molar-refractivity contribution in [2.45, 2.75) is 57.2 Å². The van der Waals surface area contributed by atoms with E-state index in [1.54, 1.807) is 6.07 Å². The van der Waals surface area contributed by atoms with E-state index in [9.17, 15) is 15.3 Å². The molecule has 2 fully saturated rings. The zero-order chi connectivity index (χ0) is 14.8. The van der Waals surface area contributed by atoms with E-state index >= 15 is 0 Å². The first-order chi connectivity index (χ1) is 10.0. The Morgan fingerprint density at radius 2 is 2.00 bits per heavy atom. The molecule has 0 aromatic heterocycles. The lowest BCUT2D eigenvalue weighted by molar-refractivity contribution is -0.0505. The second-order valence-corrected chi connectivity index (χ2v) is 7.59. The van der Waals surface area contributed by atoms with Crippen LogP contribution in [-0.2, 0) is 6.42 Å². The predicted molar refractivity (Wildman–Crippen MR) is 80.1 cm³/mol. The number of hydrogen-bond acceptors (Lipinski definition) is 3. The van der Waals surface area contributed by atoms with Gasteiger partial charge in [-0.05, 0) is 78.5 Å². The molecule has 21 heavy (non-hydrogen) atoms. The molecule has 3 nitrogen and oxygen atoms in total. The molecular formula is C18H24O3. The van der Waals surface area contributed by atoms with Gasteiger partial charge in [0.05, 0.1) is 12.2 Å². The third-order valence-corrected chi connectivity index (χ3v) is 6.68. The molecule has 0 heterocycles. The van der Waals surface area contributed by atoms with Crippen molar-refractivity contribution in [3.05, 3.63) is 29.3 Å². The molecule has 1 aromatic rings. The quantitative estimate of drug-likeness (QED) is 0.687. The maximum atomic E-state index is 10.4. The van der Waals surface area contributed by atoms with Crippen molar-refractivity contribution in [1.82, 2.24) is 0 Å². The van der Waals surface area contributed by atoms with Gasteiger partial charge in [-0.25, -0.2) is 0 Å². The summed E-state index contributed by atoms with van der Waals surface area (Å²) >= 11 is 0. The predicted octanol–water partition coefficient (Wildman–Crippen LogP) is 2.58. The minimum atomic E-state index is -0.565. The summed E-state index contributed by atoms with van der Waals surface area (Å²) in [4.78, 5) is 0. The maximum Gasteiger partial charge on any atom is 0.115 e. The summed E-state index contributed by atoms with van der Waals surface area (Å²) in [5, 5.41) is 30.2. The molecule has 4 unspecified atom stereocenters. The molecule has 3 N–H and O–H groups in total. The maximum absolute atomic E-state index is 10.4. The highest BCUT2D eigenvalue weighted by atomic mass is 16.3. The Balaban J connectivity index is 1.71. The van der Waals surface area contributed by atoms with E-state index in [0.29, 0.717) is 23.5 Å². The van der Waals surface area contributed by atoms with Crippen LogP contribution in [0, 0.1) is 17.3 Å². The van der Waals surface area contributed by atoms with Crippen molar-refractivity contribution in [2.75, 3.05) is 0 Å². The molecule has 0 bridgehead atoms. The van der Waals surface area contributed by atoms with Gasteiger partial charge in [-0.3, -0.25) is 0 Å². The van der Waals surface area contributed by atoms with E-state index in [0.717, 1.165) is 32.1 Å². The van der Waals surface area contributed by atoms with Crippen LogP contribution in [0.2, 0.25) is 0 Å². The Morgan fingerprint density at radius 3 is 2.81 bits per heavy atom. The van der Waals surface area contributed by atoms with Gasteiger partial charge in [0.1, 0.15) is 5.75 Å².